The predicted octanol–water partition coefficient (Wildman–Crippen LogP) is 5.20. The highest BCUT2D eigenvalue weighted by Crippen LogP contribution is 2.22. The molecule has 0 spiro atoms. The number of aromatic nitrogens is 3. The monoisotopic (exact) mass is 538 g/mol. The van der Waals surface area contributed by atoms with E-state index >= 15 is 0 Å². The van der Waals surface area contributed by atoms with Crippen molar-refractivity contribution in [1.82, 2.24) is 14.8 Å². The Kier molecular flexibility index (Phi) is 8.02. The Balaban J connectivity index is 1.48. The van der Waals surface area contributed by atoms with Crippen LogP contribution in [0.4, 0.5) is 5.69 Å². The molecule has 0 saturated carbocycles. The second-order valence-electron chi connectivity index (χ2n) is 6.73. The van der Waals surface area contributed by atoms with Crippen molar-refractivity contribution >= 4 is 57.7 Å². The Morgan fingerprint density at radius 2 is 1.86 bits per heavy atom. The van der Waals surface area contributed by atoms with Gasteiger partial charge in [0.1, 0.15) is 5.82 Å². The van der Waals surface area contributed by atoms with E-state index in [1.807, 2.05) is 48.5 Å². The standard InChI is InChI=1S/C21H23IN4OS2/c1-14-4-6-16(7-5-14)11-28-12-19-24-25-21(26(19)3)29-13-20(27)23-18-9-8-17(22)10-15(18)2/h4-10H,11-13H2,1-3H3,(H,23,27). The van der Waals surface area contributed by atoms with Crippen LogP contribution < -0.4 is 5.32 Å². The van der Waals surface area contributed by atoms with Gasteiger partial charge in [-0.05, 0) is 65.8 Å². The van der Waals surface area contributed by atoms with Gasteiger partial charge in [0.25, 0.3) is 0 Å². The fraction of sp³-hybridized carbons (Fsp3) is 0.286. The lowest BCUT2D eigenvalue weighted by Crippen LogP contribution is -2.15. The number of hydrogen-bond donors (Lipinski definition) is 1. The van der Waals surface area contributed by atoms with Crippen molar-refractivity contribution < 1.29 is 4.79 Å². The molecule has 0 bridgehead atoms. The van der Waals surface area contributed by atoms with E-state index in [1.165, 1.54) is 22.9 Å². The highest BCUT2D eigenvalue weighted by molar-refractivity contribution is 14.1. The summed E-state index contributed by atoms with van der Waals surface area (Å²) in [5.74, 6) is 2.89. The molecule has 0 unspecified atom stereocenters. The predicted molar refractivity (Wildman–Crippen MR) is 130 cm³/mol. The highest BCUT2D eigenvalue weighted by Gasteiger charge is 2.12. The number of benzene rings is 2. The first-order valence-corrected chi connectivity index (χ1v) is 12.3. The van der Waals surface area contributed by atoms with Gasteiger partial charge in [0.2, 0.25) is 5.91 Å². The van der Waals surface area contributed by atoms with Crippen molar-refractivity contribution in [2.75, 3.05) is 11.1 Å². The first-order chi connectivity index (χ1) is 13.9. The lowest BCUT2D eigenvalue weighted by molar-refractivity contribution is -0.113. The molecule has 1 aromatic heterocycles. The van der Waals surface area contributed by atoms with Crippen molar-refractivity contribution in [3.63, 3.8) is 0 Å². The van der Waals surface area contributed by atoms with E-state index in [9.17, 15) is 4.79 Å². The zero-order valence-corrected chi connectivity index (χ0v) is 20.4. The third kappa shape index (κ3) is 6.48. The summed E-state index contributed by atoms with van der Waals surface area (Å²) < 4.78 is 3.12. The van der Waals surface area contributed by atoms with Gasteiger partial charge >= 0.3 is 0 Å². The summed E-state index contributed by atoms with van der Waals surface area (Å²) in [6.45, 7) is 4.09. The van der Waals surface area contributed by atoms with Gasteiger partial charge in [-0.15, -0.1) is 22.0 Å². The van der Waals surface area contributed by atoms with E-state index in [1.54, 1.807) is 0 Å². The Hall–Kier alpha value is -1.52. The molecule has 29 heavy (non-hydrogen) atoms. The molecule has 0 aliphatic heterocycles. The number of rotatable bonds is 8. The molecule has 8 heteroatoms. The Morgan fingerprint density at radius 1 is 1.10 bits per heavy atom. The zero-order chi connectivity index (χ0) is 20.8. The fourth-order valence-electron chi connectivity index (χ4n) is 2.62. The minimum absolute atomic E-state index is 0.0439. The normalized spacial score (nSPS) is 10.9. The van der Waals surface area contributed by atoms with Crippen LogP contribution in [-0.4, -0.2) is 26.4 Å². The van der Waals surface area contributed by atoms with Crippen LogP contribution in [0.3, 0.4) is 0 Å². The third-order valence-corrected chi connectivity index (χ3v) is 7.03. The molecular weight excluding hydrogens is 515 g/mol. The largest absolute Gasteiger partial charge is 0.325 e. The number of aryl methyl sites for hydroxylation is 2. The van der Waals surface area contributed by atoms with Gasteiger partial charge < -0.3 is 9.88 Å². The van der Waals surface area contributed by atoms with Crippen LogP contribution in [0, 0.1) is 17.4 Å². The maximum atomic E-state index is 12.3. The zero-order valence-electron chi connectivity index (χ0n) is 16.6. The van der Waals surface area contributed by atoms with Gasteiger partial charge in [0.05, 0.1) is 11.5 Å². The van der Waals surface area contributed by atoms with Crippen LogP contribution in [-0.2, 0) is 23.3 Å². The molecule has 0 radical (unpaired) electrons. The molecule has 1 N–H and O–H groups in total. The van der Waals surface area contributed by atoms with Gasteiger partial charge in [-0.3, -0.25) is 4.79 Å². The van der Waals surface area contributed by atoms with E-state index in [0.29, 0.717) is 5.75 Å². The van der Waals surface area contributed by atoms with Crippen LogP contribution in [0.5, 0.6) is 0 Å². The number of carbonyl (C=O) groups excluding carboxylic acids is 1. The summed E-state index contributed by atoms with van der Waals surface area (Å²) in [6.07, 6.45) is 0. The average molecular weight is 538 g/mol. The van der Waals surface area contributed by atoms with Gasteiger partial charge in [-0.25, -0.2) is 0 Å². The number of nitrogens with one attached hydrogen (secondary N) is 1. The lowest BCUT2D eigenvalue weighted by Gasteiger charge is -2.08. The molecule has 1 heterocycles. The summed E-state index contributed by atoms with van der Waals surface area (Å²) in [5.41, 5.74) is 4.49. The second kappa shape index (κ2) is 10.5. The molecule has 2 aromatic carbocycles. The minimum Gasteiger partial charge on any atom is -0.325 e. The summed E-state index contributed by atoms with van der Waals surface area (Å²) in [5, 5.41) is 12.2. The van der Waals surface area contributed by atoms with Crippen molar-refractivity contribution in [3.8, 4) is 0 Å². The van der Waals surface area contributed by atoms with Gasteiger partial charge in [-0.1, -0.05) is 41.6 Å². The number of thioether (sulfide) groups is 2. The van der Waals surface area contributed by atoms with Gasteiger partial charge in [0, 0.05) is 22.1 Å². The number of nitrogens with zero attached hydrogens (tertiary/aromatic N) is 3. The van der Waals surface area contributed by atoms with Crippen LogP contribution in [0.2, 0.25) is 0 Å². The summed E-state index contributed by atoms with van der Waals surface area (Å²) in [4.78, 5) is 12.3. The topological polar surface area (TPSA) is 59.8 Å². The van der Waals surface area contributed by atoms with E-state index in [0.717, 1.165) is 37.3 Å². The van der Waals surface area contributed by atoms with Crippen LogP contribution >= 0.6 is 46.1 Å². The number of halogens is 1. The van der Waals surface area contributed by atoms with Gasteiger partial charge in [-0.2, -0.15) is 0 Å². The molecule has 0 aliphatic rings. The first-order valence-electron chi connectivity index (χ1n) is 9.12. The van der Waals surface area contributed by atoms with Crippen LogP contribution in [0.1, 0.15) is 22.5 Å². The number of hydrogen-bond acceptors (Lipinski definition) is 5. The Morgan fingerprint density at radius 3 is 2.59 bits per heavy atom. The second-order valence-corrected chi connectivity index (χ2v) is 9.91. The molecule has 3 aromatic rings. The Labute approximate surface area is 193 Å². The number of amides is 1. The highest BCUT2D eigenvalue weighted by atomic mass is 127. The maximum Gasteiger partial charge on any atom is 0.234 e. The van der Waals surface area contributed by atoms with E-state index < -0.39 is 0 Å². The van der Waals surface area contributed by atoms with Gasteiger partial charge in [0.15, 0.2) is 5.16 Å². The molecule has 5 nitrogen and oxygen atoms in total. The SMILES string of the molecule is Cc1ccc(CSCc2nnc(SCC(=O)Nc3ccc(I)cc3C)n2C)cc1. The molecule has 0 atom stereocenters. The molecule has 0 aliphatic carbocycles. The quantitative estimate of drug-likeness (QED) is 0.316. The third-order valence-electron chi connectivity index (χ3n) is 4.34. The molecule has 0 fully saturated rings. The first kappa shape index (κ1) is 22.2. The maximum absolute atomic E-state index is 12.3. The van der Waals surface area contributed by atoms with Crippen molar-refractivity contribution in [3.05, 3.63) is 68.5 Å². The van der Waals surface area contributed by atoms with Crippen molar-refractivity contribution in [2.45, 2.75) is 30.5 Å². The number of carbonyl (C=O) groups is 1. The molecule has 152 valence electrons. The minimum atomic E-state index is -0.0439. The average Bonchev–Trinajstić information content (AvgIpc) is 3.04. The molecular formula is C21H23IN4OS2. The molecule has 1 amide bonds. The van der Waals surface area contributed by atoms with Crippen LogP contribution in [0.25, 0.3) is 0 Å². The summed E-state index contributed by atoms with van der Waals surface area (Å²) >= 11 is 5.47. The van der Waals surface area contributed by atoms with E-state index in [4.69, 9.17) is 0 Å². The van der Waals surface area contributed by atoms with Crippen molar-refractivity contribution in [2.24, 2.45) is 7.05 Å². The molecule has 0 saturated heterocycles. The summed E-state index contributed by atoms with van der Waals surface area (Å²) in [6, 6.07) is 14.6. The number of anilines is 1. The van der Waals surface area contributed by atoms with E-state index in [-0.39, 0.29) is 5.91 Å². The Bertz CT molecular complexity index is 989. The molecule has 3 rings (SSSR count). The summed E-state index contributed by atoms with van der Waals surface area (Å²) in [7, 11) is 1.95. The van der Waals surface area contributed by atoms with Crippen molar-refractivity contribution in [1.29, 1.82) is 0 Å². The van der Waals surface area contributed by atoms with Crippen LogP contribution in [0.15, 0.2) is 47.6 Å². The fourth-order valence-corrected chi connectivity index (χ4v) is 4.97. The van der Waals surface area contributed by atoms with E-state index in [2.05, 4.69) is 69.3 Å². The lowest BCUT2D eigenvalue weighted by atomic mass is 10.2. The smallest absolute Gasteiger partial charge is 0.234 e.